The van der Waals surface area contributed by atoms with E-state index in [0.29, 0.717) is 0 Å². The summed E-state index contributed by atoms with van der Waals surface area (Å²) < 4.78 is 11.6. The van der Waals surface area contributed by atoms with Gasteiger partial charge in [-0.15, -0.1) is 0 Å². The normalized spacial score (nSPS) is 12.0. The zero-order chi connectivity index (χ0) is 15.4. The summed E-state index contributed by atoms with van der Waals surface area (Å²) in [6.07, 6.45) is 0.879. The van der Waals surface area contributed by atoms with E-state index in [4.69, 9.17) is 15.2 Å². The second kappa shape index (κ2) is 6.96. The summed E-state index contributed by atoms with van der Waals surface area (Å²) in [6, 6.07) is 12.5. The van der Waals surface area contributed by atoms with Crippen LogP contribution < -0.4 is 15.2 Å². The molecule has 0 aliphatic carbocycles. The molecule has 0 saturated carbocycles. The third kappa shape index (κ3) is 3.57. The van der Waals surface area contributed by atoms with E-state index < -0.39 is 0 Å². The van der Waals surface area contributed by atoms with Crippen molar-refractivity contribution in [3.63, 3.8) is 0 Å². The van der Waals surface area contributed by atoms with Crippen LogP contribution in [0.3, 0.4) is 0 Å². The first-order valence-electron chi connectivity index (χ1n) is 6.82. The van der Waals surface area contributed by atoms with Gasteiger partial charge < -0.3 is 15.2 Å². The van der Waals surface area contributed by atoms with Crippen LogP contribution in [0, 0.1) is 0 Å². The van der Waals surface area contributed by atoms with Crippen molar-refractivity contribution in [3.8, 4) is 22.6 Å². The molecule has 0 heterocycles. The predicted molar refractivity (Wildman–Crippen MR) is 90.0 cm³/mol. The van der Waals surface area contributed by atoms with Gasteiger partial charge in [0.15, 0.2) is 0 Å². The molecule has 0 amide bonds. The van der Waals surface area contributed by atoms with Crippen LogP contribution in [-0.4, -0.2) is 20.3 Å². The van der Waals surface area contributed by atoms with Crippen LogP contribution in [0.1, 0.15) is 12.5 Å². The number of rotatable bonds is 5. The Bertz CT molecular complexity index is 609. The number of ether oxygens (including phenoxy) is 2. The highest BCUT2D eigenvalue weighted by molar-refractivity contribution is 9.10. The Kier molecular flexibility index (Phi) is 5.26. The van der Waals surface area contributed by atoms with Gasteiger partial charge in [0.2, 0.25) is 0 Å². The van der Waals surface area contributed by atoms with Crippen molar-refractivity contribution >= 4 is 15.9 Å². The van der Waals surface area contributed by atoms with E-state index in [1.807, 2.05) is 19.1 Å². The van der Waals surface area contributed by atoms with Gasteiger partial charge in [-0.25, -0.2) is 0 Å². The summed E-state index contributed by atoms with van der Waals surface area (Å²) in [5.41, 5.74) is 9.19. The summed E-state index contributed by atoms with van der Waals surface area (Å²) in [5, 5.41) is 0. The molecule has 1 atom stereocenters. The molecular weight excluding hydrogens is 330 g/mol. The van der Waals surface area contributed by atoms with E-state index >= 15 is 0 Å². The molecule has 0 aliphatic rings. The van der Waals surface area contributed by atoms with Gasteiger partial charge in [0.05, 0.1) is 14.2 Å². The van der Waals surface area contributed by atoms with Gasteiger partial charge in [-0.3, -0.25) is 0 Å². The van der Waals surface area contributed by atoms with Gasteiger partial charge in [-0.2, -0.15) is 0 Å². The van der Waals surface area contributed by atoms with Crippen molar-refractivity contribution in [3.05, 3.63) is 46.4 Å². The van der Waals surface area contributed by atoms with Crippen LogP contribution in [0.15, 0.2) is 40.9 Å². The minimum Gasteiger partial charge on any atom is -0.495 e. The Morgan fingerprint density at radius 2 is 1.71 bits per heavy atom. The molecule has 2 N–H and O–H groups in total. The van der Waals surface area contributed by atoms with Crippen LogP contribution in [0.25, 0.3) is 11.1 Å². The third-order valence-electron chi connectivity index (χ3n) is 3.31. The molecule has 0 spiro atoms. The molecule has 21 heavy (non-hydrogen) atoms. The van der Waals surface area contributed by atoms with Gasteiger partial charge in [0.1, 0.15) is 16.0 Å². The number of hydrogen-bond donors (Lipinski definition) is 1. The smallest absolute Gasteiger partial charge is 0.144 e. The number of nitrogens with two attached hydrogens (primary N) is 1. The first-order valence-corrected chi connectivity index (χ1v) is 7.61. The summed E-state index contributed by atoms with van der Waals surface area (Å²) in [5.74, 6) is 1.53. The van der Waals surface area contributed by atoms with Crippen molar-refractivity contribution < 1.29 is 9.47 Å². The molecule has 0 fully saturated rings. The van der Waals surface area contributed by atoms with Crippen molar-refractivity contribution in [1.29, 1.82) is 0 Å². The van der Waals surface area contributed by atoms with Crippen molar-refractivity contribution in [2.75, 3.05) is 14.2 Å². The topological polar surface area (TPSA) is 44.5 Å². The molecule has 112 valence electrons. The third-order valence-corrected chi connectivity index (χ3v) is 4.06. The fourth-order valence-electron chi connectivity index (χ4n) is 2.31. The maximum Gasteiger partial charge on any atom is 0.144 e. The molecule has 2 rings (SSSR count). The second-order valence-corrected chi connectivity index (χ2v) is 5.83. The molecule has 0 saturated heterocycles. The number of halogens is 1. The lowest BCUT2D eigenvalue weighted by Gasteiger charge is -2.14. The maximum atomic E-state index is 5.83. The Hall–Kier alpha value is -1.52. The Morgan fingerprint density at radius 3 is 2.24 bits per heavy atom. The van der Waals surface area contributed by atoms with Gasteiger partial charge in [-0.05, 0) is 52.5 Å². The minimum atomic E-state index is 0.167. The van der Waals surface area contributed by atoms with Crippen molar-refractivity contribution in [2.45, 2.75) is 19.4 Å². The molecule has 0 aromatic heterocycles. The predicted octanol–water partition coefficient (Wildman–Crippen LogP) is 4.02. The van der Waals surface area contributed by atoms with E-state index in [-0.39, 0.29) is 6.04 Å². The first kappa shape index (κ1) is 15.9. The summed E-state index contributed by atoms with van der Waals surface area (Å²) in [4.78, 5) is 0. The lowest BCUT2D eigenvalue weighted by Crippen LogP contribution is -2.17. The summed E-state index contributed by atoms with van der Waals surface area (Å²) in [6.45, 7) is 2.01. The van der Waals surface area contributed by atoms with Gasteiger partial charge in [0, 0.05) is 11.6 Å². The van der Waals surface area contributed by atoms with Crippen LogP contribution in [-0.2, 0) is 6.42 Å². The lowest BCUT2D eigenvalue weighted by molar-refractivity contribution is 0.390. The molecule has 1 unspecified atom stereocenters. The molecule has 0 radical (unpaired) electrons. The average Bonchev–Trinajstić information content (AvgIpc) is 2.47. The van der Waals surface area contributed by atoms with Crippen LogP contribution >= 0.6 is 15.9 Å². The second-order valence-electron chi connectivity index (χ2n) is 5.04. The SMILES string of the molecule is COc1ccc(-c2ccc(CC(C)N)cc2)c(OC)c1Br. The summed E-state index contributed by atoms with van der Waals surface area (Å²) in [7, 11) is 3.30. The molecule has 0 bridgehead atoms. The maximum absolute atomic E-state index is 5.83. The van der Waals surface area contributed by atoms with E-state index in [1.165, 1.54) is 5.56 Å². The Labute approximate surface area is 134 Å². The van der Waals surface area contributed by atoms with Crippen molar-refractivity contribution in [2.24, 2.45) is 5.73 Å². The first-order chi connectivity index (χ1) is 10.1. The molecule has 3 nitrogen and oxygen atoms in total. The minimum absolute atomic E-state index is 0.167. The number of methoxy groups -OCH3 is 2. The molecule has 0 aliphatic heterocycles. The monoisotopic (exact) mass is 349 g/mol. The zero-order valence-electron chi connectivity index (χ0n) is 12.5. The van der Waals surface area contributed by atoms with Crippen LogP contribution in [0.4, 0.5) is 0 Å². The fraction of sp³-hybridized carbons (Fsp3) is 0.294. The Morgan fingerprint density at radius 1 is 1.05 bits per heavy atom. The molecule has 2 aromatic rings. The fourth-order valence-corrected chi connectivity index (χ4v) is 2.98. The van der Waals surface area contributed by atoms with E-state index in [2.05, 4.69) is 40.2 Å². The highest BCUT2D eigenvalue weighted by Crippen LogP contribution is 2.41. The van der Waals surface area contributed by atoms with Gasteiger partial charge in [0.25, 0.3) is 0 Å². The van der Waals surface area contributed by atoms with E-state index in [0.717, 1.165) is 33.5 Å². The number of benzene rings is 2. The van der Waals surface area contributed by atoms with Crippen LogP contribution in [0.2, 0.25) is 0 Å². The molecule has 2 aromatic carbocycles. The van der Waals surface area contributed by atoms with Crippen LogP contribution in [0.5, 0.6) is 11.5 Å². The quantitative estimate of drug-likeness (QED) is 0.886. The lowest BCUT2D eigenvalue weighted by atomic mass is 10.0. The average molecular weight is 350 g/mol. The Balaban J connectivity index is 2.40. The zero-order valence-corrected chi connectivity index (χ0v) is 14.1. The largest absolute Gasteiger partial charge is 0.495 e. The number of hydrogen-bond acceptors (Lipinski definition) is 3. The molecule has 4 heteroatoms. The van der Waals surface area contributed by atoms with E-state index in [9.17, 15) is 0 Å². The standard InChI is InChI=1S/C17H20BrNO2/c1-11(19)10-12-4-6-13(7-5-12)14-8-9-15(20-2)16(18)17(14)21-3/h4-9,11H,10,19H2,1-3H3. The van der Waals surface area contributed by atoms with Gasteiger partial charge >= 0.3 is 0 Å². The van der Waals surface area contributed by atoms with E-state index in [1.54, 1.807) is 14.2 Å². The van der Waals surface area contributed by atoms with Crippen molar-refractivity contribution in [1.82, 2.24) is 0 Å². The highest BCUT2D eigenvalue weighted by Gasteiger charge is 2.14. The molecular formula is C17H20BrNO2. The summed E-state index contributed by atoms with van der Waals surface area (Å²) >= 11 is 3.53. The van der Waals surface area contributed by atoms with Gasteiger partial charge in [-0.1, -0.05) is 24.3 Å². The highest BCUT2D eigenvalue weighted by atomic mass is 79.9.